The van der Waals surface area contributed by atoms with Gasteiger partial charge in [-0.15, -0.1) is 11.6 Å². The van der Waals surface area contributed by atoms with Gasteiger partial charge in [-0.2, -0.15) is 4.99 Å². The molecule has 0 saturated carbocycles. The summed E-state index contributed by atoms with van der Waals surface area (Å²) in [5.74, 6) is 0.0595. The summed E-state index contributed by atoms with van der Waals surface area (Å²) in [5.41, 5.74) is 0.664. The molecule has 2 saturated heterocycles. The largest absolute Gasteiger partial charge is 0.343 e. The zero-order chi connectivity index (χ0) is 19.6. The third-order valence-corrected chi connectivity index (χ3v) is 8.60. The number of carbonyl (C=O) groups excluding carboxylic acids is 2. The van der Waals surface area contributed by atoms with Gasteiger partial charge in [0.15, 0.2) is 5.66 Å². The van der Waals surface area contributed by atoms with E-state index in [0.29, 0.717) is 18.6 Å². The van der Waals surface area contributed by atoms with Crippen LogP contribution in [0.15, 0.2) is 39.9 Å². The second kappa shape index (κ2) is 4.82. The molecule has 5 aliphatic heterocycles. The molecule has 0 aliphatic carbocycles. The quantitative estimate of drug-likeness (QED) is 0.599. The van der Waals surface area contributed by atoms with Crippen molar-refractivity contribution in [3.05, 3.63) is 40.5 Å². The Morgan fingerprint density at radius 1 is 1.32 bits per heavy atom. The predicted octanol–water partition coefficient (Wildman–Crippen LogP) is 3.71. The first kappa shape index (κ1) is 17.0. The van der Waals surface area contributed by atoms with Crippen molar-refractivity contribution in [2.75, 3.05) is 4.90 Å². The Morgan fingerprint density at radius 2 is 2.11 bits per heavy atom. The highest BCUT2D eigenvalue weighted by Gasteiger charge is 2.76. The van der Waals surface area contributed by atoms with Crippen LogP contribution in [0, 0.1) is 5.41 Å². The molecule has 2 bridgehead atoms. The van der Waals surface area contributed by atoms with Gasteiger partial charge in [-0.05, 0) is 23.8 Å². The number of benzene rings is 1. The first-order chi connectivity index (χ1) is 13.2. The molecule has 5 aliphatic rings. The fourth-order valence-electron chi connectivity index (χ4n) is 6.11. The van der Waals surface area contributed by atoms with E-state index >= 15 is 0 Å². The molecule has 1 aromatic rings. The van der Waals surface area contributed by atoms with Crippen molar-refractivity contribution in [3.8, 4) is 0 Å². The summed E-state index contributed by atoms with van der Waals surface area (Å²) in [6, 6.07) is 5.81. The summed E-state index contributed by atoms with van der Waals surface area (Å²) in [6.07, 6.45) is 4.66. The number of alkyl halides is 1. The SMILES string of the molecule is CC1(C)[C@H](Cl)C[C@]23[C@@H]4CC(=O)N2C=CC2=NC(=O)NC21N3c1cc(Br)ccc14. The lowest BCUT2D eigenvalue weighted by atomic mass is 9.65. The Labute approximate surface area is 175 Å². The second-order valence-electron chi connectivity index (χ2n) is 8.78. The molecule has 8 heteroatoms. The second-order valence-corrected chi connectivity index (χ2v) is 10.2. The van der Waals surface area contributed by atoms with Crippen LogP contribution in [-0.4, -0.2) is 39.3 Å². The minimum absolute atomic E-state index is 0.0150. The van der Waals surface area contributed by atoms with E-state index in [1.165, 1.54) is 0 Å². The molecule has 1 aromatic carbocycles. The molecule has 0 radical (unpaired) electrons. The summed E-state index contributed by atoms with van der Waals surface area (Å²) in [6.45, 7) is 4.15. The van der Waals surface area contributed by atoms with Crippen molar-refractivity contribution >= 4 is 50.9 Å². The van der Waals surface area contributed by atoms with Crippen LogP contribution in [0.5, 0.6) is 0 Å². The Hall–Kier alpha value is -1.86. The van der Waals surface area contributed by atoms with Crippen molar-refractivity contribution in [1.29, 1.82) is 0 Å². The number of fused-ring (bicyclic) bond motifs is 2. The molecular weight excluding hydrogens is 444 g/mol. The van der Waals surface area contributed by atoms with Crippen molar-refractivity contribution in [1.82, 2.24) is 10.2 Å². The van der Waals surface area contributed by atoms with E-state index in [-0.39, 0.29) is 23.2 Å². The Bertz CT molecular complexity index is 1050. The number of aliphatic imine (C=N–C) groups is 1. The number of halogens is 2. The van der Waals surface area contributed by atoms with Crippen LogP contribution in [-0.2, 0) is 4.79 Å². The molecule has 5 heterocycles. The van der Waals surface area contributed by atoms with Crippen LogP contribution in [0.1, 0.15) is 38.2 Å². The van der Waals surface area contributed by atoms with Crippen LogP contribution < -0.4 is 10.2 Å². The van der Waals surface area contributed by atoms with Crippen LogP contribution in [0.4, 0.5) is 10.5 Å². The first-order valence-corrected chi connectivity index (χ1v) is 10.6. The molecule has 3 amide bonds. The number of hydrogen-bond donors (Lipinski definition) is 1. The highest BCUT2D eigenvalue weighted by atomic mass is 79.9. The minimum Gasteiger partial charge on any atom is -0.318 e. The lowest BCUT2D eigenvalue weighted by Gasteiger charge is -2.63. The normalized spacial score (nSPS) is 38.6. The molecular formula is C20H18BrClN4O2. The third-order valence-electron chi connectivity index (χ3n) is 7.41. The Morgan fingerprint density at radius 3 is 2.89 bits per heavy atom. The van der Waals surface area contributed by atoms with Gasteiger partial charge in [0, 0.05) is 45.9 Å². The van der Waals surface area contributed by atoms with Crippen molar-refractivity contribution in [3.63, 3.8) is 0 Å². The van der Waals surface area contributed by atoms with Crippen molar-refractivity contribution in [2.24, 2.45) is 10.4 Å². The maximum Gasteiger partial charge on any atom is 0.343 e. The standard InChI is InChI=1S/C20H18BrClN4O2/c1-18(2)14(22)9-19-12-8-16(27)25(19)6-5-15-20(18,24-17(28)23-15)26(19)13-7-10(21)3-4-11(12)13/h3-7,12,14H,8-9H2,1-2H3,(H,24,28)/t12-,14-,19+,20?/m1/s1. The van der Waals surface area contributed by atoms with Crippen LogP contribution >= 0.6 is 27.5 Å². The molecule has 28 heavy (non-hydrogen) atoms. The number of rotatable bonds is 0. The van der Waals surface area contributed by atoms with Crippen LogP contribution in [0.2, 0.25) is 0 Å². The van der Waals surface area contributed by atoms with Gasteiger partial charge in [0.25, 0.3) is 0 Å². The number of amides is 3. The summed E-state index contributed by atoms with van der Waals surface area (Å²) in [5, 5.41) is 2.90. The smallest absolute Gasteiger partial charge is 0.318 e. The van der Waals surface area contributed by atoms with Gasteiger partial charge in [-0.1, -0.05) is 35.8 Å². The van der Waals surface area contributed by atoms with Gasteiger partial charge < -0.3 is 10.2 Å². The molecule has 0 aromatic heterocycles. The fourth-order valence-corrected chi connectivity index (χ4v) is 6.84. The number of piperidine rings is 1. The molecule has 1 unspecified atom stereocenters. The molecule has 4 atom stereocenters. The van der Waals surface area contributed by atoms with Crippen molar-refractivity contribution < 1.29 is 9.59 Å². The first-order valence-electron chi connectivity index (χ1n) is 9.39. The molecule has 6 nitrogen and oxygen atoms in total. The lowest BCUT2D eigenvalue weighted by Crippen LogP contribution is -2.81. The average molecular weight is 462 g/mol. The molecule has 144 valence electrons. The fraction of sp³-hybridized carbons (Fsp3) is 0.450. The zero-order valence-corrected chi connectivity index (χ0v) is 17.7. The van der Waals surface area contributed by atoms with E-state index < -0.39 is 16.7 Å². The van der Waals surface area contributed by atoms with Crippen LogP contribution in [0.25, 0.3) is 0 Å². The molecule has 2 spiro atoms. The molecule has 6 rings (SSSR count). The lowest BCUT2D eigenvalue weighted by molar-refractivity contribution is -0.129. The number of urea groups is 1. The van der Waals surface area contributed by atoms with Gasteiger partial charge in [0.1, 0.15) is 5.66 Å². The third kappa shape index (κ3) is 1.56. The highest BCUT2D eigenvalue weighted by molar-refractivity contribution is 9.10. The predicted molar refractivity (Wildman–Crippen MR) is 109 cm³/mol. The summed E-state index contributed by atoms with van der Waals surface area (Å²) in [4.78, 5) is 34.0. The minimum atomic E-state index is -0.922. The van der Waals surface area contributed by atoms with Gasteiger partial charge in [0.2, 0.25) is 5.91 Å². The number of carbonyl (C=O) groups is 2. The van der Waals surface area contributed by atoms with E-state index in [4.69, 9.17) is 11.6 Å². The topological polar surface area (TPSA) is 65.0 Å². The Balaban J connectivity index is 1.77. The number of nitrogens with one attached hydrogen (secondary N) is 1. The van der Waals surface area contributed by atoms with Gasteiger partial charge in [-0.3, -0.25) is 9.69 Å². The van der Waals surface area contributed by atoms with Gasteiger partial charge in [0.05, 0.1) is 5.71 Å². The molecule has 2 fully saturated rings. The number of hydrogen-bond acceptors (Lipinski definition) is 3. The summed E-state index contributed by atoms with van der Waals surface area (Å²) < 4.78 is 0.954. The van der Waals surface area contributed by atoms with Gasteiger partial charge >= 0.3 is 6.03 Å². The monoisotopic (exact) mass is 460 g/mol. The zero-order valence-electron chi connectivity index (χ0n) is 15.4. The number of anilines is 1. The summed E-state index contributed by atoms with van der Waals surface area (Å²) >= 11 is 10.6. The van der Waals surface area contributed by atoms with E-state index in [2.05, 4.69) is 57.1 Å². The Kier molecular flexibility index (Phi) is 2.93. The van der Waals surface area contributed by atoms with E-state index in [9.17, 15) is 9.59 Å². The van der Waals surface area contributed by atoms with E-state index in [1.54, 1.807) is 0 Å². The maximum absolute atomic E-state index is 13.0. The number of nitrogens with zero attached hydrogens (tertiary/aromatic N) is 3. The van der Waals surface area contributed by atoms with Crippen molar-refractivity contribution in [2.45, 2.75) is 49.3 Å². The van der Waals surface area contributed by atoms with E-state index in [0.717, 1.165) is 15.7 Å². The molecule has 1 N–H and O–H groups in total. The summed E-state index contributed by atoms with van der Waals surface area (Å²) in [7, 11) is 0. The maximum atomic E-state index is 13.0. The van der Waals surface area contributed by atoms with E-state index in [1.807, 2.05) is 23.2 Å². The van der Waals surface area contributed by atoms with Gasteiger partial charge in [-0.25, -0.2) is 4.79 Å². The average Bonchev–Trinajstić information content (AvgIpc) is 3.14. The van der Waals surface area contributed by atoms with Crippen LogP contribution in [0.3, 0.4) is 0 Å². The highest BCUT2D eigenvalue weighted by Crippen LogP contribution is 2.67.